The minimum atomic E-state index is -0.491. The molecule has 1 aliphatic carbocycles. The number of halogens is 1. The number of ether oxygens (including phenoxy) is 1. The largest absolute Gasteiger partial charge is 0.460 e. The number of hydrogen-bond acceptors (Lipinski definition) is 5. The van der Waals surface area contributed by atoms with Crippen molar-refractivity contribution in [2.45, 2.75) is 71.3 Å². The molecular weight excluding hydrogens is 414 g/mol. The first-order valence-electron chi connectivity index (χ1n) is 11.1. The SMILES string of the molecule is CC(C)(C)OC(=O)CCNc1ccc2c(NC(=O)CC3CCCCC3)c(Cl)ccc2n1. The fourth-order valence-corrected chi connectivity index (χ4v) is 4.14. The van der Waals surface area contributed by atoms with Crippen molar-refractivity contribution in [3.8, 4) is 0 Å². The Labute approximate surface area is 189 Å². The molecule has 31 heavy (non-hydrogen) atoms. The molecule has 0 bridgehead atoms. The quantitative estimate of drug-likeness (QED) is 0.515. The van der Waals surface area contributed by atoms with Crippen molar-refractivity contribution in [2.75, 3.05) is 17.2 Å². The van der Waals surface area contributed by atoms with E-state index < -0.39 is 5.60 Å². The molecule has 168 valence electrons. The van der Waals surface area contributed by atoms with Gasteiger partial charge in [0.2, 0.25) is 5.91 Å². The van der Waals surface area contributed by atoms with E-state index in [1.54, 1.807) is 6.07 Å². The number of benzene rings is 1. The van der Waals surface area contributed by atoms with E-state index >= 15 is 0 Å². The molecule has 2 aromatic rings. The van der Waals surface area contributed by atoms with Gasteiger partial charge in [0.05, 0.1) is 22.6 Å². The van der Waals surface area contributed by atoms with E-state index in [0.717, 1.165) is 23.7 Å². The highest BCUT2D eigenvalue weighted by atomic mass is 35.5. The van der Waals surface area contributed by atoms with E-state index in [1.807, 2.05) is 39.0 Å². The maximum absolute atomic E-state index is 12.6. The van der Waals surface area contributed by atoms with Crippen LogP contribution in [0.5, 0.6) is 0 Å². The van der Waals surface area contributed by atoms with Gasteiger partial charge in [0.25, 0.3) is 0 Å². The van der Waals surface area contributed by atoms with Gasteiger partial charge >= 0.3 is 5.97 Å². The van der Waals surface area contributed by atoms with E-state index in [1.165, 1.54) is 19.3 Å². The predicted octanol–water partition coefficient (Wildman–Crippen LogP) is 5.94. The Hall–Kier alpha value is -2.34. The van der Waals surface area contributed by atoms with Crippen molar-refractivity contribution in [3.63, 3.8) is 0 Å². The molecule has 0 unspecified atom stereocenters. The summed E-state index contributed by atoms with van der Waals surface area (Å²) in [7, 11) is 0. The topological polar surface area (TPSA) is 80.3 Å². The molecule has 1 fully saturated rings. The van der Waals surface area contributed by atoms with E-state index in [0.29, 0.717) is 35.4 Å². The van der Waals surface area contributed by atoms with E-state index in [-0.39, 0.29) is 18.3 Å². The number of hydrogen-bond donors (Lipinski definition) is 2. The zero-order chi connectivity index (χ0) is 22.4. The Morgan fingerprint density at radius 3 is 2.58 bits per heavy atom. The summed E-state index contributed by atoms with van der Waals surface area (Å²) in [5.74, 6) is 0.857. The highest BCUT2D eigenvalue weighted by Crippen LogP contribution is 2.32. The van der Waals surface area contributed by atoms with Gasteiger partial charge in [-0.15, -0.1) is 0 Å². The Bertz CT molecular complexity index is 934. The average Bonchev–Trinajstić information content (AvgIpc) is 2.69. The fourth-order valence-electron chi connectivity index (χ4n) is 3.93. The van der Waals surface area contributed by atoms with Crippen LogP contribution in [0.15, 0.2) is 24.3 Å². The van der Waals surface area contributed by atoms with Crippen molar-refractivity contribution in [1.82, 2.24) is 4.98 Å². The van der Waals surface area contributed by atoms with Crippen molar-refractivity contribution in [1.29, 1.82) is 0 Å². The Kier molecular flexibility index (Phi) is 7.76. The number of nitrogens with one attached hydrogen (secondary N) is 2. The monoisotopic (exact) mass is 445 g/mol. The standard InChI is InChI=1S/C24H32ClN3O3/c1-24(2,3)31-22(30)13-14-26-20-12-9-17-19(27-20)11-10-18(25)23(17)28-21(29)15-16-7-5-4-6-8-16/h9-12,16H,4-8,13-15H2,1-3H3,(H,26,27)(H,28,29). The van der Waals surface area contributed by atoms with Crippen LogP contribution in [-0.2, 0) is 14.3 Å². The van der Waals surface area contributed by atoms with Gasteiger partial charge < -0.3 is 15.4 Å². The zero-order valence-electron chi connectivity index (χ0n) is 18.6. The van der Waals surface area contributed by atoms with Crippen LogP contribution in [0.3, 0.4) is 0 Å². The van der Waals surface area contributed by atoms with Gasteiger partial charge in [0, 0.05) is 18.4 Å². The van der Waals surface area contributed by atoms with Gasteiger partial charge in [0.15, 0.2) is 0 Å². The number of aromatic nitrogens is 1. The van der Waals surface area contributed by atoms with Crippen molar-refractivity contribution in [2.24, 2.45) is 5.92 Å². The van der Waals surface area contributed by atoms with E-state index in [2.05, 4.69) is 15.6 Å². The molecule has 1 saturated carbocycles. The smallest absolute Gasteiger partial charge is 0.308 e. The third kappa shape index (κ3) is 7.10. The summed E-state index contributed by atoms with van der Waals surface area (Å²) in [5, 5.41) is 7.45. The minimum Gasteiger partial charge on any atom is -0.460 e. The average molecular weight is 446 g/mol. The Balaban J connectivity index is 1.63. The molecular formula is C24H32ClN3O3. The number of carbonyl (C=O) groups excluding carboxylic acids is 2. The summed E-state index contributed by atoms with van der Waals surface area (Å²) in [5.41, 5.74) is 0.836. The highest BCUT2D eigenvalue weighted by molar-refractivity contribution is 6.35. The van der Waals surface area contributed by atoms with Crippen LogP contribution < -0.4 is 10.6 Å². The molecule has 0 spiro atoms. The Morgan fingerprint density at radius 2 is 1.87 bits per heavy atom. The van der Waals surface area contributed by atoms with Crippen molar-refractivity contribution in [3.05, 3.63) is 29.3 Å². The van der Waals surface area contributed by atoms with E-state index in [4.69, 9.17) is 16.3 Å². The first-order chi connectivity index (χ1) is 14.7. The lowest BCUT2D eigenvalue weighted by Crippen LogP contribution is -2.25. The van der Waals surface area contributed by atoms with Crippen LogP contribution >= 0.6 is 11.6 Å². The maximum atomic E-state index is 12.6. The van der Waals surface area contributed by atoms with Gasteiger partial charge in [-0.1, -0.05) is 30.9 Å². The first-order valence-corrected chi connectivity index (χ1v) is 11.4. The first kappa shape index (κ1) is 23.3. The number of rotatable bonds is 7. The number of nitrogens with zero attached hydrogens (tertiary/aromatic N) is 1. The summed E-state index contributed by atoms with van der Waals surface area (Å²) >= 11 is 6.39. The van der Waals surface area contributed by atoms with Crippen LogP contribution in [-0.4, -0.2) is 29.0 Å². The molecule has 7 heteroatoms. The molecule has 0 radical (unpaired) electrons. The van der Waals surface area contributed by atoms with Gasteiger partial charge in [-0.25, -0.2) is 4.98 Å². The number of pyridine rings is 1. The lowest BCUT2D eigenvalue weighted by Gasteiger charge is -2.21. The zero-order valence-corrected chi connectivity index (χ0v) is 19.3. The van der Waals surface area contributed by atoms with Gasteiger partial charge in [0.1, 0.15) is 11.4 Å². The second kappa shape index (κ2) is 10.3. The normalized spacial score (nSPS) is 15.0. The third-order valence-electron chi connectivity index (χ3n) is 5.34. The number of carbonyl (C=O) groups is 2. The Morgan fingerprint density at radius 1 is 1.13 bits per heavy atom. The summed E-state index contributed by atoms with van der Waals surface area (Å²) in [6, 6.07) is 7.29. The molecule has 3 rings (SSSR count). The van der Waals surface area contributed by atoms with Crippen LogP contribution in [0.25, 0.3) is 10.9 Å². The molecule has 2 N–H and O–H groups in total. The second-order valence-corrected chi connectivity index (χ2v) is 9.61. The maximum Gasteiger partial charge on any atom is 0.308 e. The molecule has 1 amide bonds. The van der Waals surface area contributed by atoms with Crippen molar-refractivity contribution < 1.29 is 14.3 Å². The second-order valence-electron chi connectivity index (χ2n) is 9.21. The summed E-state index contributed by atoms with van der Waals surface area (Å²) in [6.07, 6.45) is 6.71. The van der Waals surface area contributed by atoms with Gasteiger partial charge in [-0.3, -0.25) is 9.59 Å². The summed E-state index contributed by atoms with van der Waals surface area (Å²) in [4.78, 5) is 29.1. The van der Waals surface area contributed by atoms with Crippen LogP contribution in [0.2, 0.25) is 5.02 Å². The molecule has 0 aliphatic heterocycles. The number of fused-ring (bicyclic) bond motifs is 1. The lowest BCUT2D eigenvalue weighted by molar-refractivity contribution is -0.154. The molecule has 6 nitrogen and oxygen atoms in total. The van der Waals surface area contributed by atoms with Crippen LogP contribution in [0.1, 0.15) is 65.7 Å². The van der Waals surface area contributed by atoms with Crippen LogP contribution in [0, 0.1) is 5.92 Å². The molecule has 1 aromatic heterocycles. The van der Waals surface area contributed by atoms with Crippen molar-refractivity contribution >= 4 is 45.9 Å². The lowest BCUT2D eigenvalue weighted by atomic mass is 9.87. The minimum absolute atomic E-state index is 0.000798. The fraction of sp³-hybridized carbons (Fsp3) is 0.542. The number of amides is 1. The predicted molar refractivity (Wildman–Crippen MR) is 126 cm³/mol. The summed E-state index contributed by atoms with van der Waals surface area (Å²) < 4.78 is 5.31. The third-order valence-corrected chi connectivity index (χ3v) is 5.65. The number of anilines is 2. The molecule has 1 heterocycles. The van der Waals surface area contributed by atoms with Gasteiger partial charge in [-0.2, -0.15) is 0 Å². The molecule has 1 aliphatic rings. The molecule has 0 saturated heterocycles. The summed E-state index contributed by atoms with van der Waals surface area (Å²) in [6.45, 7) is 5.96. The molecule has 0 atom stereocenters. The van der Waals surface area contributed by atoms with Gasteiger partial charge in [-0.05, 0) is 63.8 Å². The number of esters is 1. The van der Waals surface area contributed by atoms with Crippen LogP contribution in [0.4, 0.5) is 11.5 Å². The van der Waals surface area contributed by atoms with E-state index in [9.17, 15) is 9.59 Å². The highest BCUT2D eigenvalue weighted by Gasteiger charge is 2.19. The molecule has 1 aromatic carbocycles.